The summed E-state index contributed by atoms with van der Waals surface area (Å²) >= 11 is 4.15. The summed E-state index contributed by atoms with van der Waals surface area (Å²) in [6.45, 7) is 0.837. The van der Waals surface area contributed by atoms with Crippen LogP contribution in [-0.2, 0) is 0 Å². The van der Waals surface area contributed by atoms with E-state index in [2.05, 4.69) is 23.5 Å². The molecule has 3 aliphatic rings. The lowest BCUT2D eigenvalue weighted by molar-refractivity contribution is 0.0667. The minimum atomic E-state index is 0.0959. The number of hydrogen-bond donors (Lipinski definition) is 0. The Hall–Kier alpha value is -1.01. The monoisotopic (exact) mass is 337 g/mol. The summed E-state index contributed by atoms with van der Waals surface area (Å²) in [6.07, 6.45) is 2.12. The van der Waals surface area contributed by atoms with E-state index >= 15 is 0 Å². The SMILES string of the molecule is COc1ccc2c(c1OC)C(=O)N1CCC3(CC21)SCCS3. The van der Waals surface area contributed by atoms with E-state index in [0.29, 0.717) is 21.1 Å². The Kier molecular flexibility index (Phi) is 3.49. The molecule has 0 aromatic heterocycles. The molecule has 1 aromatic rings. The van der Waals surface area contributed by atoms with Crippen LogP contribution in [0.1, 0.15) is 34.8 Å². The first-order valence-electron chi connectivity index (χ1n) is 7.53. The zero-order valence-electron chi connectivity index (χ0n) is 12.8. The summed E-state index contributed by atoms with van der Waals surface area (Å²) in [6, 6.07) is 4.15. The van der Waals surface area contributed by atoms with Crippen LogP contribution in [0.4, 0.5) is 0 Å². The highest BCUT2D eigenvalue weighted by Crippen LogP contribution is 2.57. The predicted octanol–water partition coefficient (Wildman–Crippen LogP) is 3.17. The lowest BCUT2D eigenvalue weighted by Crippen LogP contribution is -2.41. The maximum atomic E-state index is 12.9. The van der Waals surface area contributed by atoms with Crippen LogP contribution in [0.2, 0.25) is 0 Å². The summed E-state index contributed by atoms with van der Waals surface area (Å²) in [7, 11) is 3.21. The number of thioether (sulfide) groups is 2. The van der Waals surface area contributed by atoms with Gasteiger partial charge in [0, 0.05) is 18.1 Å². The zero-order valence-corrected chi connectivity index (χ0v) is 14.4. The van der Waals surface area contributed by atoms with Gasteiger partial charge in [0.05, 0.1) is 29.9 Å². The maximum absolute atomic E-state index is 12.9. The fraction of sp³-hybridized carbons (Fsp3) is 0.562. The van der Waals surface area contributed by atoms with Crippen molar-refractivity contribution in [2.45, 2.75) is 23.0 Å². The molecule has 2 fully saturated rings. The van der Waals surface area contributed by atoms with Gasteiger partial charge in [-0.05, 0) is 24.5 Å². The molecule has 118 valence electrons. The lowest BCUT2D eigenvalue weighted by atomic mass is 9.96. The number of hydrogen-bond acceptors (Lipinski definition) is 5. The van der Waals surface area contributed by atoms with Gasteiger partial charge in [0.15, 0.2) is 11.5 Å². The Bertz CT molecular complexity index is 628. The van der Waals surface area contributed by atoms with Crippen LogP contribution in [0.5, 0.6) is 11.5 Å². The molecule has 0 N–H and O–H groups in total. The largest absolute Gasteiger partial charge is 0.493 e. The molecule has 1 amide bonds. The third kappa shape index (κ3) is 1.96. The van der Waals surface area contributed by atoms with Crippen LogP contribution in [0.25, 0.3) is 0 Å². The second-order valence-corrected chi connectivity index (χ2v) is 9.06. The molecule has 1 unspecified atom stereocenters. The highest BCUT2D eigenvalue weighted by molar-refractivity contribution is 8.21. The van der Waals surface area contributed by atoms with Gasteiger partial charge in [0.2, 0.25) is 0 Å². The van der Waals surface area contributed by atoms with E-state index in [-0.39, 0.29) is 11.9 Å². The van der Waals surface area contributed by atoms with E-state index in [1.165, 1.54) is 11.5 Å². The third-order valence-electron chi connectivity index (χ3n) is 4.84. The lowest BCUT2D eigenvalue weighted by Gasteiger charge is -2.40. The minimum Gasteiger partial charge on any atom is -0.493 e. The summed E-state index contributed by atoms with van der Waals surface area (Å²) < 4.78 is 11.1. The number of amides is 1. The number of methoxy groups -OCH3 is 2. The van der Waals surface area contributed by atoms with Crippen LogP contribution in [0.15, 0.2) is 12.1 Å². The highest BCUT2D eigenvalue weighted by Gasteiger charge is 2.50. The molecule has 0 aliphatic carbocycles. The highest BCUT2D eigenvalue weighted by atomic mass is 32.2. The van der Waals surface area contributed by atoms with Crippen LogP contribution in [0, 0.1) is 0 Å². The molecule has 4 rings (SSSR count). The molecular formula is C16H19NO3S2. The fourth-order valence-electron chi connectivity index (χ4n) is 3.82. The summed E-state index contributed by atoms with van der Waals surface area (Å²) in [4.78, 5) is 14.9. The van der Waals surface area contributed by atoms with E-state index in [4.69, 9.17) is 9.47 Å². The van der Waals surface area contributed by atoms with Crippen molar-refractivity contribution in [2.24, 2.45) is 0 Å². The molecule has 3 heterocycles. The molecule has 22 heavy (non-hydrogen) atoms. The fourth-order valence-corrected chi connectivity index (χ4v) is 7.08. The number of nitrogens with zero attached hydrogens (tertiary/aromatic N) is 1. The van der Waals surface area contributed by atoms with Crippen LogP contribution >= 0.6 is 23.5 Å². The number of rotatable bonds is 2. The van der Waals surface area contributed by atoms with Crippen molar-refractivity contribution < 1.29 is 14.3 Å². The number of piperidine rings is 1. The van der Waals surface area contributed by atoms with Crippen molar-refractivity contribution in [3.8, 4) is 11.5 Å². The summed E-state index contributed by atoms with van der Waals surface area (Å²) in [5.74, 6) is 3.77. The number of carbonyl (C=O) groups is 1. The molecular weight excluding hydrogens is 318 g/mol. The number of carbonyl (C=O) groups excluding carboxylic acids is 1. The normalized spacial score (nSPS) is 25.3. The topological polar surface area (TPSA) is 38.8 Å². The Morgan fingerprint density at radius 3 is 2.68 bits per heavy atom. The number of fused-ring (bicyclic) bond motifs is 3. The van der Waals surface area contributed by atoms with Crippen molar-refractivity contribution in [1.82, 2.24) is 4.90 Å². The Morgan fingerprint density at radius 2 is 2.00 bits per heavy atom. The van der Waals surface area contributed by atoms with Gasteiger partial charge >= 0.3 is 0 Å². The van der Waals surface area contributed by atoms with Crippen LogP contribution in [0.3, 0.4) is 0 Å². The van der Waals surface area contributed by atoms with Crippen molar-refractivity contribution in [3.05, 3.63) is 23.3 Å². The van der Waals surface area contributed by atoms with Crippen molar-refractivity contribution in [3.63, 3.8) is 0 Å². The van der Waals surface area contributed by atoms with E-state index < -0.39 is 0 Å². The van der Waals surface area contributed by atoms with Gasteiger partial charge < -0.3 is 14.4 Å². The molecule has 1 atom stereocenters. The maximum Gasteiger partial charge on any atom is 0.258 e. The van der Waals surface area contributed by atoms with Gasteiger partial charge in [-0.2, -0.15) is 0 Å². The first kappa shape index (κ1) is 14.6. The van der Waals surface area contributed by atoms with E-state index in [9.17, 15) is 4.79 Å². The molecule has 0 bridgehead atoms. The zero-order chi connectivity index (χ0) is 15.3. The molecule has 0 saturated carbocycles. The molecule has 1 aromatic carbocycles. The van der Waals surface area contributed by atoms with E-state index in [0.717, 1.165) is 24.9 Å². The summed E-state index contributed by atoms with van der Waals surface area (Å²) in [5.41, 5.74) is 1.81. The van der Waals surface area contributed by atoms with E-state index in [1.54, 1.807) is 14.2 Å². The van der Waals surface area contributed by atoms with Gasteiger partial charge in [-0.25, -0.2) is 0 Å². The van der Waals surface area contributed by atoms with Gasteiger partial charge in [-0.3, -0.25) is 4.79 Å². The third-order valence-corrected chi connectivity index (χ3v) is 8.42. The van der Waals surface area contributed by atoms with Gasteiger partial charge in [-0.1, -0.05) is 6.07 Å². The Balaban J connectivity index is 1.77. The van der Waals surface area contributed by atoms with E-state index in [1.807, 2.05) is 17.0 Å². The smallest absolute Gasteiger partial charge is 0.258 e. The van der Waals surface area contributed by atoms with Crippen LogP contribution < -0.4 is 9.47 Å². The molecule has 3 aliphatic heterocycles. The molecule has 1 spiro atoms. The summed E-state index contributed by atoms with van der Waals surface area (Å²) in [5, 5.41) is 0. The van der Waals surface area contributed by atoms with Crippen molar-refractivity contribution in [1.29, 1.82) is 0 Å². The molecule has 2 saturated heterocycles. The van der Waals surface area contributed by atoms with Crippen LogP contribution in [-0.4, -0.2) is 47.2 Å². The first-order valence-corrected chi connectivity index (χ1v) is 9.50. The standard InChI is InChI=1S/C16H19NO3S2/c1-19-12-4-3-10-11-9-16(21-7-8-22-16)5-6-17(11)15(18)13(10)14(12)20-2/h3-4,11H,5-9H2,1-2H3. The average Bonchev–Trinajstić information content (AvgIpc) is 3.10. The number of benzene rings is 1. The van der Waals surface area contributed by atoms with Gasteiger partial charge in [0.25, 0.3) is 5.91 Å². The second-order valence-electron chi connectivity index (χ2n) is 5.84. The van der Waals surface area contributed by atoms with Gasteiger partial charge in [-0.15, -0.1) is 23.5 Å². The van der Waals surface area contributed by atoms with Gasteiger partial charge in [0.1, 0.15) is 0 Å². The Morgan fingerprint density at radius 1 is 1.23 bits per heavy atom. The van der Waals surface area contributed by atoms with Crippen molar-refractivity contribution in [2.75, 3.05) is 32.3 Å². The predicted molar refractivity (Wildman–Crippen MR) is 90.2 cm³/mol. The van der Waals surface area contributed by atoms with Crippen molar-refractivity contribution >= 4 is 29.4 Å². The first-order chi connectivity index (χ1) is 10.7. The molecule has 6 heteroatoms. The molecule has 4 nitrogen and oxygen atoms in total. The number of ether oxygens (including phenoxy) is 2. The minimum absolute atomic E-state index is 0.0959. The second kappa shape index (κ2) is 5.27. The quantitative estimate of drug-likeness (QED) is 0.829. The average molecular weight is 337 g/mol. The molecule has 0 radical (unpaired) electrons. The Labute approximate surface area is 138 Å².